The van der Waals surface area contributed by atoms with E-state index in [0.717, 1.165) is 42.5 Å². The van der Waals surface area contributed by atoms with E-state index >= 15 is 0 Å². The number of carbonyl (C=O) groups is 3. The van der Waals surface area contributed by atoms with Crippen LogP contribution in [-0.2, 0) is 25.9 Å². The minimum absolute atomic E-state index is 0.00376. The molecule has 1 N–H and O–H groups in total. The molecule has 6 nitrogen and oxygen atoms in total. The van der Waals surface area contributed by atoms with Gasteiger partial charge < -0.3 is 9.88 Å². The van der Waals surface area contributed by atoms with Crippen LogP contribution in [0.2, 0.25) is 0 Å². The highest BCUT2D eigenvalue weighted by Gasteiger charge is 2.20. The average Bonchev–Trinajstić information content (AvgIpc) is 3.29. The smallest absolute Gasteiger partial charge is 0.279 e. The molecule has 1 aliphatic rings. The second-order valence-electron chi connectivity index (χ2n) is 9.50. The molecule has 5 rings (SSSR count). The first-order chi connectivity index (χ1) is 18.5. The maximum Gasteiger partial charge on any atom is 0.279 e. The SMILES string of the molecule is Cc1ccc(C(=O)Cn2c3c(sc2=NC(=O)c2ccc(C(=O)NCc4ccccc4)cc2)CCCC3)cc1. The average molecular weight is 524 g/mol. The maximum absolute atomic E-state index is 13.1. The zero-order valence-corrected chi connectivity index (χ0v) is 22.1. The summed E-state index contributed by atoms with van der Waals surface area (Å²) in [5.74, 6) is -0.601. The summed E-state index contributed by atoms with van der Waals surface area (Å²) in [4.78, 5) is 44.9. The third kappa shape index (κ3) is 5.89. The Balaban J connectivity index is 1.35. The van der Waals surface area contributed by atoms with Crippen LogP contribution in [0.4, 0.5) is 0 Å². The molecule has 2 amide bonds. The molecule has 1 heterocycles. The van der Waals surface area contributed by atoms with Crippen molar-refractivity contribution in [3.63, 3.8) is 0 Å². The van der Waals surface area contributed by atoms with Crippen LogP contribution in [0.1, 0.15) is 65.6 Å². The van der Waals surface area contributed by atoms with Crippen molar-refractivity contribution >= 4 is 28.9 Å². The van der Waals surface area contributed by atoms with Gasteiger partial charge in [-0.3, -0.25) is 14.4 Å². The highest BCUT2D eigenvalue weighted by atomic mass is 32.1. The number of benzene rings is 3. The molecule has 3 aromatic carbocycles. The summed E-state index contributed by atoms with van der Waals surface area (Å²) < 4.78 is 1.92. The lowest BCUT2D eigenvalue weighted by atomic mass is 10.0. The molecular weight excluding hydrogens is 494 g/mol. The van der Waals surface area contributed by atoms with Gasteiger partial charge in [-0.25, -0.2) is 0 Å². The van der Waals surface area contributed by atoms with Crippen molar-refractivity contribution in [2.75, 3.05) is 0 Å². The van der Waals surface area contributed by atoms with E-state index < -0.39 is 5.91 Å². The van der Waals surface area contributed by atoms with Gasteiger partial charge in [0, 0.05) is 33.8 Å². The fourth-order valence-corrected chi connectivity index (χ4v) is 5.76. The molecule has 0 spiro atoms. The molecule has 192 valence electrons. The van der Waals surface area contributed by atoms with Crippen molar-refractivity contribution in [3.8, 4) is 0 Å². The van der Waals surface area contributed by atoms with E-state index in [1.807, 2.05) is 66.1 Å². The maximum atomic E-state index is 13.1. The van der Waals surface area contributed by atoms with Gasteiger partial charge in [0.25, 0.3) is 11.8 Å². The van der Waals surface area contributed by atoms with Gasteiger partial charge in [-0.05, 0) is 62.4 Å². The summed E-state index contributed by atoms with van der Waals surface area (Å²) in [7, 11) is 0. The predicted octanol–water partition coefficient (Wildman–Crippen LogP) is 5.29. The number of thiazole rings is 1. The van der Waals surface area contributed by atoms with Gasteiger partial charge >= 0.3 is 0 Å². The van der Waals surface area contributed by atoms with Crippen LogP contribution in [0, 0.1) is 6.92 Å². The molecule has 0 unspecified atom stereocenters. The lowest BCUT2D eigenvalue weighted by Crippen LogP contribution is -2.24. The van der Waals surface area contributed by atoms with Gasteiger partial charge in [0.15, 0.2) is 10.6 Å². The highest BCUT2D eigenvalue weighted by Crippen LogP contribution is 2.24. The van der Waals surface area contributed by atoms with E-state index in [1.165, 1.54) is 16.2 Å². The van der Waals surface area contributed by atoms with Gasteiger partial charge in [-0.1, -0.05) is 60.2 Å². The van der Waals surface area contributed by atoms with Crippen molar-refractivity contribution in [2.24, 2.45) is 4.99 Å². The first-order valence-corrected chi connectivity index (χ1v) is 13.6. The van der Waals surface area contributed by atoms with Gasteiger partial charge in [-0.2, -0.15) is 4.99 Å². The Kier molecular flexibility index (Phi) is 7.75. The van der Waals surface area contributed by atoms with Crippen LogP contribution in [-0.4, -0.2) is 22.2 Å². The number of Topliss-reactive ketones (excluding diaryl/α,β-unsaturated/α-hetero) is 1. The molecule has 0 bridgehead atoms. The molecule has 0 fully saturated rings. The minimum atomic E-state index is -0.392. The number of rotatable bonds is 7. The van der Waals surface area contributed by atoms with Crippen LogP contribution in [0.25, 0.3) is 0 Å². The molecule has 0 radical (unpaired) electrons. The molecule has 0 saturated heterocycles. The van der Waals surface area contributed by atoms with E-state index in [-0.39, 0.29) is 18.2 Å². The monoisotopic (exact) mass is 523 g/mol. The number of amides is 2. The molecule has 0 atom stereocenters. The Bertz CT molecular complexity index is 1530. The summed E-state index contributed by atoms with van der Waals surface area (Å²) in [5, 5.41) is 2.89. The Morgan fingerprint density at radius 1 is 0.842 bits per heavy atom. The van der Waals surface area contributed by atoms with Crippen LogP contribution in [0.5, 0.6) is 0 Å². The molecule has 1 aromatic heterocycles. The standard InChI is InChI=1S/C31H29N3O3S/c1-21-11-13-23(14-12-21)27(35)20-34-26-9-5-6-10-28(26)38-31(34)33-30(37)25-17-15-24(16-18-25)29(36)32-19-22-7-3-2-4-8-22/h2-4,7-8,11-18H,5-6,9-10,19-20H2,1H3,(H,32,36). The Morgan fingerprint density at radius 3 is 2.24 bits per heavy atom. The van der Waals surface area contributed by atoms with E-state index in [9.17, 15) is 14.4 Å². The van der Waals surface area contributed by atoms with E-state index in [1.54, 1.807) is 24.3 Å². The van der Waals surface area contributed by atoms with Gasteiger partial charge in [0.1, 0.15) is 0 Å². The van der Waals surface area contributed by atoms with E-state index in [2.05, 4.69) is 10.3 Å². The van der Waals surface area contributed by atoms with E-state index in [4.69, 9.17) is 0 Å². The van der Waals surface area contributed by atoms with Crippen molar-refractivity contribution in [2.45, 2.75) is 45.7 Å². The fraction of sp³-hybridized carbons (Fsp3) is 0.226. The second-order valence-corrected chi connectivity index (χ2v) is 10.6. The summed E-state index contributed by atoms with van der Waals surface area (Å²) in [6.45, 7) is 2.58. The lowest BCUT2D eigenvalue weighted by Gasteiger charge is -2.14. The zero-order chi connectivity index (χ0) is 26.5. The molecule has 1 aliphatic carbocycles. The quantitative estimate of drug-likeness (QED) is 0.334. The summed E-state index contributed by atoms with van der Waals surface area (Å²) >= 11 is 1.50. The number of nitrogens with one attached hydrogen (secondary N) is 1. The molecule has 0 aliphatic heterocycles. The number of hydrogen-bond donors (Lipinski definition) is 1. The number of hydrogen-bond acceptors (Lipinski definition) is 4. The van der Waals surface area contributed by atoms with Crippen molar-refractivity contribution < 1.29 is 14.4 Å². The molecule has 4 aromatic rings. The Hall–Kier alpha value is -4.10. The molecule has 7 heteroatoms. The number of fused-ring (bicyclic) bond motifs is 1. The number of carbonyl (C=O) groups excluding carboxylic acids is 3. The summed E-state index contributed by atoms with van der Waals surface area (Å²) in [5.41, 5.74) is 4.74. The third-order valence-electron chi connectivity index (χ3n) is 6.72. The number of nitrogens with zero attached hydrogens (tertiary/aromatic N) is 2. The van der Waals surface area contributed by atoms with Crippen LogP contribution < -0.4 is 10.1 Å². The predicted molar refractivity (Wildman–Crippen MR) is 148 cm³/mol. The van der Waals surface area contributed by atoms with Crippen molar-refractivity contribution in [1.82, 2.24) is 9.88 Å². The molecule has 0 saturated carbocycles. The number of aromatic nitrogens is 1. The zero-order valence-electron chi connectivity index (χ0n) is 21.3. The van der Waals surface area contributed by atoms with Crippen molar-refractivity contribution in [1.29, 1.82) is 0 Å². The van der Waals surface area contributed by atoms with Gasteiger partial charge in [-0.15, -0.1) is 11.3 Å². The Morgan fingerprint density at radius 2 is 1.50 bits per heavy atom. The first-order valence-electron chi connectivity index (χ1n) is 12.8. The molecular formula is C31H29N3O3S. The van der Waals surface area contributed by atoms with Crippen molar-refractivity contribution in [3.05, 3.63) is 122 Å². The number of ketones is 1. The van der Waals surface area contributed by atoms with Crippen LogP contribution in [0.15, 0.2) is 83.9 Å². The first kappa shape index (κ1) is 25.5. The minimum Gasteiger partial charge on any atom is -0.348 e. The highest BCUT2D eigenvalue weighted by molar-refractivity contribution is 7.09. The summed E-state index contributed by atoms with van der Waals surface area (Å²) in [6.07, 6.45) is 3.98. The largest absolute Gasteiger partial charge is 0.348 e. The van der Waals surface area contributed by atoms with Crippen LogP contribution in [0.3, 0.4) is 0 Å². The third-order valence-corrected chi connectivity index (χ3v) is 7.90. The van der Waals surface area contributed by atoms with Crippen LogP contribution >= 0.6 is 11.3 Å². The normalized spacial score (nSPS) is 13.1. The Labute approximate surface area is 225 Å². The number of aryl methyl sites for hydroxylation is 2. The second kappa shape index (κ2) is 11.5. The fourth-order valence-electron chi connectivity index (χ4n) is 4.55. The van der Waals surface area contributed by atoms with E-state index in [0.29, 0.717) is 28.0 Å². The van der Waals surface area contributed by atoms with Gasteiger partial charge in [0.05, 0.1) is 6.54 Å². The summed E-state index contributed by atoms with van der Waals surface area (Å²) in [6, 6.07) is 23.8. The van der Waals surface area contributed by atoms with Gasteiger partial charge in [0.2, 0.25) is 0 Å². The topological polar surface area (TPSA) is 80.5 Å². The lowest BCUT2D eigenvalue weighted by molar-refractivity contribution is 0.0947. The molecule has 38 heavy (non-hydrogen) atoms.